The van der Waals surface area contributed by atoms with Gasteiger partial charge in [-0.25, -0.2) is 0 Å². The number of nitrogens with one attached hydrogen (secondary N) is 1. The molecule has 19 heavy (non-hydrogen) atoms. The normalized spacial score (nSPS) is 39.6. The minimum absolute atomic E-state index is 0.354. The molecule has 1 N–H and O–H groups in total. The van der Waals surface area contributed by atoms with Gasteiger partial charge in [0.15, 0.2) is 0 Å². The number of amides is 1. The topological polar surface area (TPSA) is 35.6 Å². The first kappa shape index (κ1) is 13.4. The van der Waals surface area contributed by atoms with Crippen molar-refractivity contribution in [1.29, 1.82) is 0 Å². The van der Waals surface area contributed by atoms with Crippen LogP contribution in [0.2, 0.25) is 0 Å². The van der Waals surface area contributed by atoms with Gasteiger partial charge >= 0.3 is 0 Å². The molecule has 0 aromatic heterocycles. The van der Waals surface area contributed by atoms with Crippen molar-refractivity contribution in [3.63, 3.8) is 0 Å². The SMILES string of the molecule is CC1C2CNCC2CN1CC(=O)N1CCCCC1C. The zero-order chi connectivity index (χ0) is 13.4. The molecule has 0 radical (unpaired) electrons. The van der Waals surface area contributed by atoms with E-state index >= 15 is 0 Å². The minimum Gasteiger partial charge on any atom is -0.339 e. The first-order valence-electron chi connectivity index (χ1n) is 7.91. The Morgan fingerprint density at radius 1 is 1.26 bits per heavy atom. The summed E-state index contributed by atoms with van der Waals surface area (Å²) in [6.45, 7) is 9.48. The average Bonchev–Trinajstić information content (AvgIpc) is 2.95. The maximum Gasteiger partial charge on any atom is 0.236 e. The van der Waals surface area contributed by atoms with Gasteiger partial charge in [-0.05, 0) is 58.0 Å². The van der Waals surface area contributed by atoms with Crippen LogP contribution in [0.1, 0.15) is 33.1 Å². The Morgan fingerprint density at radius 3 is 2.84 bits per heavy atom. The Kier molecular flexibility index (Phi) is 3.81. The predicted molar refractivity (Wildman–Crippen MR) is 75.9 cm³/mol. The third-order valence-corrected chi connectivity index (χ3v) is 5.52. The Labute approximate surface area is 116 Å². The number of piperidine rings is 1. The molecule has 4 atom stereocenters. The van der Waals surface area contributed by atoms with Crippen LogP contribution < -0.4 is 5.32 Å². The zero-order valence-corrected chi connectivity index (χ0v) is 12.3. The predicted octanol–water partition coefficient (Wildman–Crippen LogP) is 0.927. The van der Waals surface area contributed by atoms with Gasteiger partial charge in [-0.15, -0.1) is 0 Å². The van der Waals surface area contributed by atoms with Crippen molar-refractivity contribution < 1.29 is 4.79 Å². The molecule has 3 heterocycles. The van der Waals surface area contributed by atoms with Crippen molar-refractivity contribution in [2.75, 3.05) is 32.7 Å². The molecule has 3 saturated heterocycles. The van der Waals surface area contributed by atoms with E-state index in [2.05, 4.69) is 29.0 Å². The van der Waals surface area contributed by atoms with Crippen molar-refractivity contribution >= 4 is 5.91 Å². The summed E-state index contributed by atoms with van der Waals surface area (Å²) >= 11 is 0. The molecule has 0 saturated carbocycles. The Bertz CT molecular complexity index is 346. The molecule has 0 bridgehead atoms. The van der Waals surface area contributed by atoms with E-state index < -0.39 is 0 Å². The fraction of sp³-hybridized carbons (Fsp3) is 0.933. The highest BCUT2D eigenvalue weighted by Crippen LogP contribution is 2.32. The second-order valence-electron chi connectivity index (χ2n) is 6.68. The average molecular weight is 265 g/mol. The van der Waals surface area contributed by atoms with Gasteiger partial charge < -0.3 is 10.2 Å². The van der Waals surface area contributed by atoms with Gasteiger partial charge in [-0.3, -0.25) is 9.69 Å². The van der Waals surface area contributed by atoms with Gasteiger partial charge in [0.05, 0.1) is 6.54 Å². The summed E-state index contributed by atoms with van der Waals surface area (Å²) in [6.07, 6.45) is 3.64. The van der Waals surface area contributed by atoms with Crippen LogP contribution in [-0.4, -0.2) is 60.5 Å². The van der Waals surface area contributed by atoms with E-state index in [9.17, 15) is 4.79 Å². The fourth-order valence-electron chi connectivity index (χ4n) is 4.20. The molecule has 0 aromatic rings. The number of nitrogens with zero attached hydrogens (tertiary/aromatic N) is 2. The Morgan fingerprint density at radius 2 is 2.11 bits per heavy atom. The Balaban J connectivity index is 1.57. The van der Waals surface area contributed by atoms with E-state index in [1.165, 1.54) is 19.3 Å². The molecule has 0 spiro atoms. The molecular formula is C15H27N3O. The van der Waals surface area contributed by atoms with Crippen molar-refractivity contribution in [2.24, 2.45) is 11.8 Å². The summed E-state index contributed by atoms with van der Waals surface area (Å²) in [5, 5.41) is 3.48. The fourth-order valence-corrected chi connectivity index (χ4v) is 4.20. The number of carbonyl (C=O) groups excluding carboxylic acids is 1. The van der Waals surface area contributed by atoms with E-state index in [0.717, 1.165) is 38.0 Å². The minimum atomic E-state index is 0.354. The van der Waals surface area contributed by atoms with Gasteiger partial charge in [0.2, 0.25) is 5.91 Å². The highest BCUT2D eigenvalue weighted by Gasteiger charge is 2.42. The number of likely N-dealkylation sites (tertiary alicyclic amines) is 2. The maximum absolute atomic E-state index is 12.5. The number of fused-ring (bicyclic) bond motifs is 1. The molecule has 1 amide bonds. The molecule has 3 fully saturated rings. The van der Waals surface area contributed by atoms with E-state index in [-0.39, 0.29) is 0 Å². The molecule has 4 heteroatoms. The molecule has 3 rings (SSSR count). The van der Waals surface area contributed by atoms with E-state index in [1.807, 2.05) is 0 Å². The van der Waals surface area contributed by atoms with E-state index in [1.54, 1.807) is 0 Å². The first-order chi connectivity index (χ1) is 9.16. The number of carbonyl (C=O) groups is 1. The quantitative estimate of drug-likeness (QED) is 0.807. The second-order valence-corrected chi connectivity index (χ2v) is 6.68. The van der Waals surface area contributed by atoms with Crippen molar-refractivity contribution in [2.45, 2.75) is 45.2 Å². The van der Waals surface area contributed by atoms with Crippen LogP contribution >= 0.6 is 0 Å². The van der Waals surface area contributed by atoms with E-state index in [0.29, 0.717) is 24.5 Å². The molecule has 3 aliphatic heterocycles. The molecule has 0 aromatic carbocycles. The summed E-state index contributed by atoms with van der Waals surface area (Å²) in [6, 6.07) is 1.00. The van der Waals surface area contributed by atoms with Crippen molar-refractivity contribution in [1.82, 2.24) is 15.1 Å². The summed E-state index contributed by atoms with van der Waals surface area (Å²) in [5.74, 6) is 1.88. The van der Waals surface area contributed by atoms with Crippen LogP contribution in [0.3, 0.4) is 0 Å². The van der Waals surface area contributed by atoms with Gasteiger partial charge in [-0.2, -0.15) is 0 Å². The summed E-state index contributed by atoms with van der Waals surface area (Å²) in [4.78, 5) is 17.0. The van der Waals surface area contributed by atoms with Gasteiger partial charge in [0, 0.05) is 25.2 Å². The first-order valence-corrected chi connectivity index (χ1v) is 7.91. The standard InChI is InChI=1S/C15H27N3O/c1-11-5-3-4-6-18(11)15(19)10-17-9-13-7-16-8-14(13)12(17)2/h11-14,16H,3-10H2,1-2H3. The van der Waals surface area contributed by atoms with Crippen LogP contribution in [0.25, 0.3) is 0 Å². The molecule has 0 aliphatic carbocycles. The summed E-state index contributed by atoms with van der Waals surface area (Å²) < 4.78 is 0. The van der Waals surface area contributed by atoms with Gasteiger partial charge in [0.25, 0.3) is 0 Å². The summed E-state index contributed by atoms with van der Waals surface area (Å²) in [7, 11) is 0. The number of rotatable bonds is 2. The lowest BCUT2D eigenvalue weighted by Gasteiger charge is -2.35. The lowest BCUT2D eigenvalue weighted by molar-refractivity contribution is -0.135. The second kappa shape index (κ2) is 5.41. The molecule has 3 aliphatic rings. The Hall–Kier alpha value is -0.610. The van der Waals surface area contributed by atoms with Crippen molar-refractivity contribution in [3.05, 3.63) is 0 Å². The highest BCUT2D eigenvalue weighted by atomic mass is 16.2. The van der Waals surface area contributed by atoms with Crippen molar-refractivity contribution in [3.8, 4) is 0 Å². The smallest absolute Gasteiger partial charge is 0.236 e. The largest absolute Gasteiger partial charge is 0.339 e. The summed E-state index contributed by atoms with van der Waals surface area (Å²) in [5.41, 5.74) is 0. The monoisotopic (exact) mass is 265 g/mol. The van der Waals surface area contributed by atoms with Crippen LogP contribution in [0, 0.1) is 11.8 Å². The number of hydrogen-bond donors (Lipinski definition) is 1. The van der Waals surface area contributed by atoms with Gasteiger partial charge in [-0.1, -0.05) is 0 Å². The van der Waals surface area contributed by atoms with Crippen LogP contribution in [0.5, 0.6) is 0 Å². The molecule has 4 unspecified atom stereocenters. The molecule has 108 valence electrons. The lowest BCUT2D eigenvalue weighted by atomic mass is 9.95. The van der Waals surface area contributed by atoms with Gasteiger partial charge in [0.1, 0.15) is 0 Å². The lowest BCUT2D eigenvalue weighted by Crippen LogP contribution is -2.48. The van der Waals surface area contributed by atoms with E-state index in [4.69, 9.17) is 0 Å². The molecular weight excluding hydrogens is 238 g/mol. The maximum atomic E-state index is 12.5. The van der Waals surface area contributed by atoms with Crippen LogP contribution in [0.15, 0.2) is 0 Å². The zero-order valence-electron chi connectivity index (χ0n) is 12.3. The van der Waals surface area contributed by atoms with Crippen LogP contribution in [0.4, 0.5) is 0 Å². The highest BCUT2D eigenvalue weighted by molar-refractivity contribution is 5.78. The van der Waals surface area contributed by atoms with Crippen LogP contribution in [-0.2, 0) is 4.79 Å². The third-order valence-electron chi connectivity index (χ3n) is 5.52. The molecule has 4 nitrogen and oxygen atoms in total. The number of hydrogen-bond acceptors (Lipinski definition) is 3. The third kappa shape index (κ3) is 2.52.